The minimum Gasteiger partial charge on any atom is -0.419 e. The van der Waals surface area contributed by atoms with Crippen molar-refractivity contribution >= 4 is 0 Å². The van der Waals surface area contributed by atoms with Crippen molar-refractivity contribution in [3.05, 3.63) is 71.9 Å². The number of alkyl halides is 3. The maximum absolute atomic E-state index is 13.0. The Morgan fingerprint density at radius 2 is 1.69 bits per heavy atom. The summed E-state index contributed by atoms with van der Waals surface area (Å²) in [5.74, 6) is 1.58. The number of nitrogens with zero attached hydrogens (tertiary/aromatic N) is 6. The highest BCUT2D eigenvalue weighted by molar-refractivity contribution is 5.56. The molecule has 1 aliphatic heterocycles. The maximum Gasteiger partial charge on any atom is 0.416 e. The molecule has 0 N–H and O–H groups in total. The van der Waals surface area contributed by atoms with Gasteiger partial charge >= 0.3 is 6.18 Å². The van der Waals surface area contributed by atoms with Crippen LogP contribution in [-0.2, 0) is 12.7 Å². The number of benzene rings is 2. The quantitative estimate of drug-likeness (QED) is 0.390. The molecule has 11 heteroatoms. The van der Waals surface area contributed by atoms with E-state index in [0.29, 0.717) is 24.2 Å². The van der Waals surface area contributed by atoms with Crippen LogP contribution in [-0.4, -0.2) is 56.3 Å². The molecule has 2 aromatic carbocycles. The molecule has 1 aliphatic rings. The minimum absolute atomic E-state index is 0.141. The third-order valence-electron chi connectivity index (χ3n) is 6.05. The normalized spacial score (nSPS) is 16.5. The summed E-state index contributed by atoms with van der Waals surface area (Å²) in [5, 5.41) is 12.2. The molecule has 2 aromatic heterocycles. The van der Waals surface area contributed by atoms with E-state index in [-0.39, 0.29) is 17.4 Å². The van der Waals surface area contributed by atoms with E-state index in [1.54, 1.807) is 0 Å². The lowest BCUT2D eigenvalue weighted by atomic mass is 10.1. The van der Waals surface area contributed by atoms with Crippen LogP contribution in [0.25, 0.3) is 22.8 Å². The van der Waals surface area contributed by atoms with Crippen LogP contribution >= 0.6 is 0 Å². The van der Waals surface area contributed by atoms with Crippen molar-refractivity contribution in [2.45, 2.75) is 25.7 Å². The van der Waals surface area contributed by atoms with Crippen molar-refractivity contribution < 1.29 is 22.1 Å². The van der Waals surface area contributed by atoms with Gasteiger partial charge in [-0.2, -0.15) is 18.2 Å². The summed E-state index contributed by atoms with van der Waals surface area (Å²) in [6.07, 6.45) is -4.43. The fraction of sp³-hybridized carbons (Fsp3) is 0.333. The van der Waals surface area contributed by atoms with Gasteiger partial charge in [-0.3, -0.25) is 9.80 Å². The summed E-state index contributed by atoms with van der Waals surface area (Å²) in [6.45, 7) is 5.57. The van der Waals surface area contributed by atoms with Gasteiger partial charge < -0.3 is 8.94 Å². The minimum atomic E-state index is -4.43. The fourth-order valence-corrected chi connectivity index (χ4v) is 4.03. The summed E-state index contributed by atoms with van der Waals surface area (Å²) >= 11 is 0. The van der Waals surface area contributed by atoms with E-state index in [2.05, 4.69) is 30.1 Å². The van der Waals surface area contributed by atoms with E-state index in [0.717, 1.165) is 43.9 Å². The summed E-state index contributed by atoms with van der Waals surface area (Å²) in [7, 11) is 0. The first-order chi connectivity index (χ1) is 16.9. The molecule has 3 heterocycles. The second-order valence-corrected chi connectivity index (χ2v) is 8.39. The average molecular weight is 484 g/mol. The number of hydrogen-bond acceptors (Lipinski definition) is 8. The monoisotopic (exact) mass is 484 g/mol. The number of halogens is 3. The topological polar surface area (TPSA) is 84.3 Å². The van der Waals surface area contributed by atoms with Crippen LogP contribution in [0.5, 0.6) is 0 Å². The first kappa shape index (κ1) is 23.2. The first-order valence-corrected chi connectivity index (χ1v) is 11.2. The third kappa shape index (κ3) is 5.25. The summed E-state index contributed by atoms with van der Waals surface area (Å²) in [4.78, 5) is 8.79. The van der Waals surface area contributed by atoms with Gasteiger partial charge in [-0.1, -0.05) is 35.5 Å². The molecule has 0 spiro atoms. The molecule has 0 saturated carbocycles. The molecule has 35 heavy (non-hydrogen) atoms. The molecule has 0 aliphatic carbocycles. The molecule has 0 unspecified atom stereocenters. The molecule has 0 amide bonds. The molecule has 182 valence electrons. The van der Waals surface area contributed by atoms with Crippen LogP contribution in [0.4, 0.5) is 13.2 Å². The first-order valence-electron chi connectivity index (χ1n) is 11.2. The van der Waals surface area contributed by atoms with E-state index < -0.39 is 11.7 Å². The predicted octanol–water partition coefficient (Wildman–Crippen LogP) is 4.68. The van der Waals surface area contributed by atoms with Gasteiger partial charge in [0.05, 0.1) is 18.2 Å². The van der Waals surface area contributed by atoms with Crippen LogP contribution in [0.15, 0.2) is 63.5 Å². The molecule has 4 aromatic rings. The van der Waals surface area contributed by atoms with Crippen LogP contribution in [0.2, 0.25) is 0 Å². The van der Waals surface area contributed by atoms with E-state index in [1.807, 2.05) is 37.3 Å². The Kier molecular flexibility index (Phi) is 6.35. The van der Waals surface area contributed by atoms with Gasteiger partial charge in [0.1, 0.15) is 0 Å². The van der Waals surface area contributed by atoms with Crippen LogP contribution in [0.1, 0.15) is 30.3 Å². The Hall–Kier alpha value is -3.57. The van der Waals surface area contributed by atoms with E-state index in [1.165, 1.54) is 12.1 Å². The zero-order valence-corrected chi connectivity index (χ0v) is 18.9. The molecular formula is C24H23F3N6O2. The second-order valence-electron chi connectivity index (χ2n) is 8.39. The lowest BCUT2D eigenvalue weighted by molar-refractivity contribution is -0.137. The SMILES string of the molecule is C[C@H](c1nc(-c2cccc(C(F)(F)F)c2)no1)N1CCN(Cc2nnc(-c3ccccc3)o2)CC1. The van der Waals surface area contributed by atoms with Crippen LogP contribution in [0, 0.1) is 0 Å². The molecule has 0 bridgehead atoms. The van der Waals surface area contributed by atoms with Crippen molar-refractivity contribution in [1.82, 2.24) is 30.1 Å². The number of piperazine rings is 1. The van der Waals surface area contributed by atoms with Gasteiger partial charge in [-0.15, -0.1) is 10.2 Å². The van der Waals surface area contributed by atoms with Crippen LogP contribution in [0.3, 0.4) is 0 Å². The second kappa shape index (κ2) is 9.59. The van der Waals surface area contributed by atoms with Crippen molar-refractivity contribution in [2.24, 2.45) is 0 Å². The van der Waals surface area contributed by atoms with E-state index in [9.17, 15) is 13.2 Å². The van der Waals surface area contributed by atoms with Crippen molar-refractivity contribution in [3.63, 3.8) is 0 Å². The third-order valence-corrected chi connectivity index (χ3v) is 6.05. The average Bonchev–Trinajstić information content (AvgIpc) is 3.55. The highest BCUT2D eigenvalue weighted by Crippen LogP contribution is 2.32. The van der Waals surface area contributed by atoms with Gasteiger partial charge in [-0.05, 0) is 31.2 Å². The highest BCUT2D eigenvalue weighted by Gasteiger charge is 2.31. The van der Waals surface area contributed by atoms with E-state index >= 15 is 0 Å². The summed E-state index contributed by atoms with van der Waals surface area (Å²) in [5.41, 5.74) is 0.401. The largest absolute Gasteiger partial charge is 0.419 e. The Morgan fingerprint density at radius 3 is 2.43 bits per heavy atom. The summed E-state index contributed by atoms with van der Waals surface area (Å²) < 4.78 is 50.3. The van der Waals surface area contributed by atoms with Gasteiger partial charge in [0, 0.05) is 37.3 Å². The van der Waals surface area contributed by atoms with Crippen molar-refractivity contribution in [1.29, 1.82) is 0 Å². The predicted molar refractivity (Wildman–Crippen MR) is 120 cm³/mol. The number of hydrogen-bond donors (Lipinski definition) is 0. The molecule has 1 saturated heterocycles. The van der Waals surface area contributed by atoms with Gasteiger partial charge in [0.25, 0.3) is 0 Å². The molecular weight excluding hydrogens is 461 g/mol. The van der Waals surface area contributed by atoms with Crippen molar-refractivity contribution in [3.8, 4) is 22.8 Å². The zero-order chi connectivity index (χ0) is 24.4. The Bertz CT molecular complexity index is 1270. The highest BCUT2D eigenvalue weighted by atomic mass is 19.4. The lowest BCUT2D eigenvalue weighted by Gasteiger charge is -2.36. The molecule has 8 nitrogen and oxygen atoms in total. The van der Waals surface area contributed by atoms with E-state index in [4.69, 9.17) is 8.94 Å². The standard InChI is InChI=1S/C24H23F3N6O2/c1-16(22-28-21(31-35-22)18-8-5-9-19(14-18)24(25,26)27)33-12-10-32(11-13-33)15-20-29-30-23(34-20)17-6-3-2-4-7-17/h2-9,14,16H,10-13,15H2,1H3/t16-/m1/s1. The molecule has 1 atom stereocenters. The maximum atomic E-state index is 13.0. The van der Waals surface area contributed by atoms with Crippen LogP contribution < -0.4 is 0 Å². The lowest BCUT2D eigenvalue weighted by Crippen LogP contribution is -2.46. The van der Waals surface area contributed by atoms with Gasteiger partial charge in [-0.25, -0.2) is 0 Å². The Balaban J connectivity index is 1.18. The Labute approximate surface area is 199 Å². The Morgan fingerprint density at radius 1 is 0.943 bits per heavy atom. The molecule has 1 fully saturated rings. The van der Waals surface area contributed by atoms with Gasteiger partial charge in [0.15, 0.2) is 0 Å². The number of rotatable bonds is 6. The summed E-state index contributed by atoms with van der Waals surface area (Å²) in [6, 6.07) is 14.4. The smallest absolute Gasteiger partial charge is 0.416 e. The fourth-order valence-electron chi connectivity index (χ4n) is 4.03. The molecule has 5 rings (SSSR count). The molecule has 0 radical (unpaired) electrons. The number of aromatic nitrogens is 4. The zero-order valence-electron chi connectivity index (χ0n) is 18.9. The van der Waals surface area contributed by atoms with Gasteiger partial charge in [0.2, 0.25) is 23.5 Å². The van der Waals surface area contributed by atoms with Crippen molar-refractivity contribution in [2.75, 3.05) is 26.2 Å².